The summed E-state index contributed by atoms with van der Waals surface area (Å²) >= 11 is 0. The summed E-state index contributed by atoms with van der Waals surface area (Å²) in [7, 11) is 0. The molecule has 1 aliphatic heterocycles. The fourth-order valence-electron chi connectivity index (χ4n) is 4.04. The molecule has 1 N–H and O–H groups in total. The van der Waals surface area contributed by atoms with Crippen LogP contribution in [0.25, 0.3) is 0 Å². The van der Waals surface area contributed by atoms with E-state index < -0.39 is 23.5 Å². The summed E-state index contributed by atoms with van der Waals surface area (Å²) in [5.41, 5.74) is 0.738. The SMILES string of the molecule is CCOC(=O)[C@@]1(C)[C@H](C(=O)N[C@@H](C)c2ccccc2)[C@@H](C)ON1Cc1ccccc1. The van der Waals surface area contributed by atoms with E-state index in [4.69, 9.17) is 9.57 Å². The van der Waals surface area contributed by atoms with Crippen LogP contribution in [-0.4, -0.2) is 35.2 Å². The van der Waals surface area contributed by atoms with Gasteiger partial charge in [-0.15, -0.1) is 0 Å². The van der Waals surface area contributed by atoms with Gasteiger partial charge in [0.2, 0.25) is 5.91 Å². The highest BCUT2D eigenvalue weighted by atomic mass is 16.7. The maximum Gasteiger partial charge on any atom is 0.329 e. The van der Waals surface area contributed by atoms with Crippen LogP contribution in [0.1, 0.15) is 44.9 Å². The molecular formula is C24H30N2O4. The number of nitrogens with zero attached hydrogens (tertiary/aromatic N) is 1. The van der Waals surface area contributed by atoms with Crippen LogP contribution in [0.3, 0.4) is 0 Å². The first-order valence-corrected chi connectivity index (χ1v) is 10.4. The summed E-state index contributed by atoms with van der Waals surface area (Å²) in [6.45, 7) is 7.84. The number of hydrogen-bond acceptors (Lipinski definition) is 5. The molecule has 0 bridgehead atoms. The number of esters is 1. The summed E-state index contributed by atoms with van der Waals surface area (Å²) in [4.78, 5) is 32.4. The van der Waals surface area contributed by atoms with Gasteiger partial charge in [-0.1, -0.05) is 60.7 Å². The molecule has 30 heavy (non-hydrogen) atoms. The molecule has 1 aliphatic rings. The molecule has 0 spiro atoms. The van der Waals surface area contributed by atoms with Gasteiger partial charge in [0, 0.05) is 0 Å². The topological polar surface area (TPSA) is 67.9 Å². The van der Waals surface area contributed by atoms with Crippen molar-refractivity contribution in [2.75, 3.05) is 6.61 Å². The fourth-order valence-corrected chi connectivity index (χ4v) is 4.04. The number of amides is 1. The zero-order chi connectivity index (χ0) is 21.7. The van der Waals surface area contributed by atoms with Crippen LogP contribution >= 0.6 is 0 Å². The van der Waals surface area contributed by atoms with Crippen molar-refractivity contribution in [2.24, 2.45) is 5.92 Å². The molecule has 1 amide bonds. The van der Waals surface area contributed by atoms with Crippen molar-refractivity contribution in [1.29, 1.82) is 0 Å². The van der Waals surface area contributed by atoms with E-state index in [9.17, 15) is 9.59 Å². The van der Waals surface area contributed by atoms with Gasteiger partial charge >= 0.3 is 5.97 Å². The third-order valence-electron chi connectivity index (χ3n) is 5.69. The Morgan fingerprint density at radius 2 is 1.73 bits per heavy atom. The van der Waals surface area contributed by atoms with Gasteiger partial charge in [-0.05, 0) is 38.8 Å². The second-order valence-corrected chi connectivity index (χ2v) is 7.82. The molecule has 0 saturated carbocycles. The second kappa shape index (κ2) is 9.41. The van der Waals surface area contributed by atoms with E-state index in [-0.39, 0.29) is 18.6 Å². The van der Waals surface area contributed by atoms with Crippen molar-refractivity contribution in [3.8, 4) is 0 Å². The molecule has 2 aromatic rings. The molecule has 4 atom stereocenters. The van der Waals surface area contributed by atoms with Gasteiger partial charge in [0.15, 0.2) is 5.54 Å². The smallest absolute Gasteiger partial charge is 0.329 e. The normalized spacial score (nSPS) is 24.9. The summed E-state index contributed by atoms with van der Waals surface area (Å²) in [6, 6.07) is 19.3. The molecule has 1 fully saturated rings. The predicted molar refractivity (Wildman–Crippen MR) is 114 cm³/mol. The van der Waals surface area contributed by atoms with Crippen LogP contribution in [0.2, 0.25) is 0 Å². The molecule has 6 nitrogen and oxygen atoms in total. The van der Waals surface area contributed by atoms with Crippen LogP contribution < -0.4 is 5.32 Å². The monoisotopic (exact) mass is 410 g/mol. The van der Waals surface area contributed by atoms with Gasteiger partial charge in [-0.2, -0.15) is 5.06 Å². The number of rotatable bonds is 7. The lowest BCUT2D eigenvalue weighted by atomic mass is 9.81. The van der Waals surface area contributed by atoms with Crippen molar-refractivity contribution in [2.45, 2.75) is 51.9 Å². The Kier molecular flexibility index (Phi) is 6.90. The van der Waals surface area contributed by atoms with E-state index in [1.165, 1.54) is 0 Å². The Hall–Kier alpha value is -2.70. The number of hydroxylamine groups is 2. The van der Waals surface area contributed by atoms with Gasteiger partial charge in [0.25, 0.3) is 0 Å². The van der Waals surface area contributed by atoms with Gasteiger partial charge in [-0.3, -0.25) is 9.63 Å². The number of carbonyl (C=O) groups excluding carboxylic acids is 2. The first-order chi connectivity index (χ1) is 14.4. The maximum absolute atomic E-state index is 13.3. The molecule has 6 heteroatoms. The highest BCUT2D eigenvalue weighted by Gasteiger charge is 2.60. The molecule has 0 unspecified atom stereocenters. The Morgan fingerprint density at radius 1 is 1.13 bits per heavy atom. The van der Waals surface area contributed by atoms with Crippen LogP contribution in [0.5, 0.6) is 0 Å². The van der Waals surface area contributed by atoms with Crippen LogP contribution in [-0.2, 0) is 25.7 Å². The molecule has 0 aliphatic carbocycles. The third-order valence-corrected chi connectivity index (χ3v) is 5.69. The molecule has 1 heterocycles. The van der Waals surface area contributed by atoms with E-state index in [1.54, 1.807) is 18.9 Å². The lowest BCUT2D eigenvalue weighted by molar-refractivity contribution is -0.204. The van der Waals surface area contributed by atoms with Crippen molar-refractivity contribution in [3.05, 3.63) is 71.8 Å². The molecular weight excluding hydrogens is 380 g/mol. The zero-order valence-electron chi connectivity index (χ0n) is 18.0. The lowest BCUT2D eigenvalue weighted by Gasteiger charge is -2.34. The van der Waals surface area contributed by atoms with Crippen molar-refractivity contribution in [1.82, 2.24) is 10.4 Å². The minimum Gasteiger partial charge on any atom is -0.465 e. The summed E-state index contributed by atoms with van der Waals surface area (Å²) in [5.74, 6) is -1.41. The van der Waals surface area contributed by atoms with E-state index in [1.807, 2.05) is 74.5 Å². The Labute approximate surface area is 178 Å². The van der Waals surface area contributed by atoms with E-state index in [2.05, 4.69) is 5.32 Å². The van der Waals surface area contributed by atoms with E-state index >= 15 is 0 Å². The number of ether oxygens (including phenoxy) is 1. The van der Waals surface area contributed by atoms with Crippen LogP contribution in [0.15, 0.2) is 60.7 Å². The van der Waals surface area contributed by atoms with Gasteiger partial charge in [-0.25, -0.2) is 4.79 Å². The van der Waals surface area contributed by atoms with Crippen LogP contribution in [0, 0.1) is 5.92 Å². The fraction of sp³-hybridized carbons (Fsp3) is 0.417. The maximum atomic E-state index is 13.3. The molecule has 2 aromatic carbocycles. The Bertz CT molecular complexity index is 858. The largest absolute Gasteiger partial charge is 0.465 e. The van der Waals surface area contributed by atoms with E-state index in [0.717, 1.165) is 11.1 Å². The number of benzene rings is 2. The minimum absolute atomic E-state index is 0.194. The van der Waals surface area contributed by atoms with Gasteiger partial charge in [0.1, 0.15) is 0 Å². The molecule has 0 radical (unpaired) electrons. The summed E-state index contributed by atoms with van der Waals surface area (Å²) in [6.07, 6.45) is -0.480. The van der Waals surface area contributed by atoms with Gasteiger partial charge in [0.05, 0.1) is 31.2 Å². The average Bonchev–Trinajstić information content (AvgIpc) is 3.00. The Balaban J connectivity index is 1.86. The minimum atomic E-state index is -1.24. The van der Waals surface area contributed by atoms with Crippen LogP contribution in [0.4, 0.5) is 0 Å². The molecule has 1 saturated heterocycles. The third kappa shape index (κ3) is 4.40. The lowest BCUT2D eigenvalue weighted by Crippen LogP contribution is -2.57. The number of hydrogen-bond donors (Lipinski definition) is 1. The first kappa shape index (κ1) is 22.0. The average molecular weight is 411 g/mol. The quantitative estimate of drug-likeness (QED) is 0.706. The summed E-state index contributed by atoms with van der Waals surface area (Å²) in [5, 5.41) is 4.65. The molecule has 0 aromatic heterocycles. The number of carbonyl (C=O) groups is 2. The van der Waals surface area contributed by atoms with Gasteiger partial charge < -0.3 is 10.1 Å². The highest BCUT2D eigenvalue weighted by Crippen LogP contribution is 2.40. The summed E-state index contributed by atoms with van der Waals surface area (Å²) < 4.78 is 5.37. The zero-order valence-corrected chi connectivity index (χ0v) is 18.0. The second-order valence-electron chi connectivity index (χ2n) is 7.82. The van der Waals surface area contributed by atoms with E-state index in [0.29, 0.717) is 6.54 Å². The molecule has 160 valence electrons. The van der Waals surface area contributed by atoms with Crippen molar-refractivity contribution in [3.63, 3.8) is 0 Å². The number of nitrogens with one attached hydrogen (secondary N) is 1. The van der Waals surface area contributed by atoms with Crippen molar-refractivity contribution >= 4 is 11.9 Å². The first-order valence-electron chi connectivity index (χ1n) is 10.4. The predicted octanol–water partition coefficient (Wildman–Crippen LogP) is 3.64. The Morgan fingerprint density at radius 3 is 2.33 bits per heavy atom. The van der Waals surface area contributed by atoms with Crippen molar-refractivity contribution < 1.29 is 19.2 Å². The standard InChI is InChI=1S/C24H30N2O4/c1-5-29-23(28)24(4)21(22(27)25-17(2)20-14-10-7-11-15-20)18(3)30-26(24)16-19-12-8-6-9-13-19/h6-15,17-18,21H,5,16H2,1-4H3,(H,25,27)/t17-,18+,21-,24+/m0/s1. The highest BCUT2D eigenvalue weighted by molar-refractivity contribution is 5.91. The molecule has 3 rings (SSSR count).